The maximum Gasteiger partial charge on any atom is 0.249 e. The van der Waals surface area contributed by atoms with Gasteiger partial charge in [-0.1, -0.05) is 12.1 Å². The van der Waals surface area contributed by atoms with Crippen LogP contribution >= 0.6 is 12.1 Å². The van der Waals surface area contributed by atoms with Gasteiger partial charge in [0, 0.05) is 83.3 Å². The molecule has 42 heavy (non-hydrogen) atoms. The van der Waals surface area contributed by atoms with Gasteiger partial charge in [-0.2, -0.15) is 0 Å². The number of piperidine rings is 3. The van der Waals surface area contributed by atoms with Gasteiger partial charge in [-0.05, 0) is 63.7 Å². The molecule has 3 N–H and O–H groups in total. The molecular weight excluding hydrogens is 554 g/mol. The van der Waals surface area contributed by atoms with Crippen molar-refractivity contribution in [3.05, 3.63) is 23.8 Å². The minimum absolute atomic E-state index is 0.197. The highest BCUT2D eigenvalue weighted by atomic mass is 32.2. The summed E-state index contributed by atoms with van der Waals surface area (Å²) in [6.07, 6.45) is 8.01. The van der Waals surface area contributed by atoms with Crippen molar-refractivity contribution in [1.29, 1.82) is 0 Å². The second kappa shape index (κ2) is 14.8. The second-order valence-electron chi connectivity index (χ2n) is 12.4. The number of amides is 3. The van der Waals surface area contributed by atoms with Gasteiger partial charge in [-0.3, -0.25) is 19.7 Å². The van der Waals surface area contributed by atoms with Crippen LogP contribution in [-0.2, 0) is 25.6 Å². The van der Waals surface area contributed by atoms with Crippen molar-refractivity contribution in [1.82, 2.24) is 18.8 Å². The molecule has 11 nitrogen and oxygen atoms in total. The molecule has 4 heterocycles. The van der Waals surface area contributed by atoms with Crippen molar-refractivity contribution in [3.63, 3.8) is 0 Å². The van der Waals surface area contributed by atoms with Crippen LogP contribution in [0.1, 0.15) is 50.5 Å². The van der Waals surface area contributed by atoms with Gasteiger partial charge >= 0.3 is 0 Å². The summed E-state index contributed by atoms with van der Waals surface area (Å²) in [5.74, 6) is -0.795. The SMILES string of the molecule is CN(C)c1c(CCC=O)cccc1N(C=O)C1CCC(=O)NC1=O.CN1CCCC2(C1)CN(SN1CCC(N)CC1)C2. The number of nitrogens with one attached hydrogen (secondary N) is 1. The number of rotatable bonds is 9. The van der Waals surface area contributed by atoms with Crippen LogP contribution in [0.2, 0.25) is 0 Å². The summed E-state index contributed by atoms with van der Waals surface area (Å²) in [7, 11) is 5.95. The first-order valence-electron chi connectivity index (χ1n) is 15.1. The van der Waals surface area contributed by atoms with Crippen LogP contribution in [0.25, 0.3) is 0 Å². The Kier molecular flexibility index (Phi) is 11.4. The molecule has 1 unspecified atom stereocenters. The van der Waals surface area contributed by atoms with Gasteiger partial charge in [0.25, 0.3) is 0 Å². The molecule has 12 heteroatoms. The van der Waals surface area contributed by atoms with Crippen molar-refractivity contribution in [2.75, 3.05) is 70.2 Å². The fraction of sp³-hybridized carbons (Fsp3) is 0.667. The average Bonchev–Trinajstić information content (AvgIpc) is 2.94. The summed E-state index contributed by atoms with van der Waals surface area (Å²) >= 11 is 1.97. The summed E-state index contributed by atoms with van der Waals surface area (Å²) in [6.45, 7) is 7.48. The second-order valence-corrected chi connectivity index (χ2v) is 13.5. The smallest absolute Gasteiger partial charge is 0.249 e. The van der Waals surface area contributed by atoms with Crippen molar-refractivity contribution < 1.29 is 19.2 Å². The third-order valence-electron chi connectivity index (χ3n) is 8.62. The number of para-hydroxylation sites is 1. The molecule has 0 bridgehead atoms. The first-order chi connectivity index (χ1) is 20.1. The standard InChI is InChI=1S/C17H21N3O4.C13H26N4S/c1-19(2)16-12(6-4-10-21)5-3-7-13(16)20(11-22)14-8-9-15(23)18-17(14)24;1-15-6-2-5-13(9-15)10-17(11-13)18-16-7-3-12(14)4-8-16/h3,5,7,10-11,14H,4,6,8-9H2,1-2H3,(H,18,23,24);12H,2-11,14H2,1H3. The molecule has 1 aromatic rings. The van der Waals surface area contributed by atoms with Crippen LogP contribution in [0.3, 0.4) is 0 Å². The van der Waals surface area contributed by atoms with Crippen LogP contribution < -0.4 is 20.9 Å². The van der Waals surface area contributed by atoms with E-state index in [0.29, 0.717) is 36.4 Å². The van der Waals surface area contributed by atoms with Gasteiger partial charge in [0.15, 0.2) is 0 Å². The number of imide groups is 1. The number of hydrogen-bond acceptors (Lipinski definition) is 10. The highest BCUT2D eigenvalue weighted by Crippen LogP contribution is 2.42. The Morgan fingerprint density at radius 1 is 1.07 bits per heavy atom. The third kappa shape index (κ3) is 8.10. The normalized spacial score (nSPS) is 23.4. The summed E-state index contributed by atoms with van der Waals surface area (Å²) in [5.41, 5.74) is 8.86. The highest BCUT2D eigenvalue weighted by molar-refractivity contribution is 7.94. The van der Waals surface area contributed by atoms with Crippen molar-refractivity contribution >= 4 is 48.0 Å². The van der Waals surface area contributed by atoms with E-state index >= 15 is 0 Å². The monoisotopic (exact) mass is 601 g/mol. The molecule has 4 aliphatic rings. The third-order valence-corrected chi connectivity index (χ3v) is 9.71. The van der Waals surface area contributed by atoms with E-state index in [1.165, 1.54) is 43.9 Å². The van der Waals surface area contributed by atoms with Gasteiger partial charge in [-0.25, -0.2) is 8.61 Å². The molecular formula is C30H47N7O4S. The lowest BCUT2D eigenvalue weighted by Gasteiger charge is -2.54. The van der Waals surface area contributed by atoms with E-state index in [0.717, 1.165) is 43.5 Å². The number of aldehydes is 1. The van der Waals surface area contributed by atoms with Crippen molar-refractivity contribution in [2.45, 2.75) is 63.5 Å². The van der Waals surface area contributed by atoms with Crippen LogP contribution in [-0.4, -0.2) is 111 Å². The lowest BCUT2D eigenvalue weighted by Crippen LogP contribution is -2.60. The number of carbonyl (C=O) groups is 4. The quantitative estimate of drug-likeness (QED) is 0.245. The van der Waals surface area contributed by atoms with Crippen molar-refractivity contribution in [2.24, 2.45) is 11.1 Å². The fourth-order valence-corrected chi connectivity index (χ4v) is 7.92. The van der Waals surface area contributed by atoms with E-state index in [4.69, 9.17) is 5.73 Å². The molecule has 1 atom stereocenters. The Labute approximate surface area is 254 Å². The maximum absolute atomic E-state index is 12.1. The number of anilines is 2. The van der Waals surface area contributed by atoms with E-state index in [-0.39, 0.29) is 18.7 Å². The molecule has 0 radical (unpaired) electrons. The number of nitrogens with zero attached hydrogens (tertiary/aromatic N) is 5. The van der Waals surface area contributed by atoms with E-state index in [9.17, 15) is 19.2 Å². The van der Waals surface area contributed by atoms with E-state index < -0.39 is 11.9 Å². The molecule has 5 rings (SSSR count). The first kappa shape index (κ1) is 32.4. The minimum atomic E-state index is -0.722. The Bertz CT molecular complexity index is 1110. The maximum atomic E-state index is 12.1. The summed E-state index contributed by atoms with van der Waals surface area (Å²) < 4.78 is 5.05. The molecule has 232 valence electrons. The lowest BCUT2D eigenvalue weighted by atomic mass is 9.75. The van der Waals surface area contributed by atoms with E-state index in [2.05, 4.69) is 25.9 Å². The van der Waals surface area contributed by atoms with E-state index in [1.54, 1.807) is 12.1 Å². The molecule has 0 aromatic heterocycles. The van der Waals surface area contributed by atoms with Crippen LogP contribution in [0.15, 0.2) is 18.2 Å². The summed E-state index contributed by atoms with van der Waals surface area (Å²) in [4.78, 5) is 51.6. The van der Waals surface area contributed by atoms with Crippen LogP contribution in [0, 0.1) is 5.41 Å². The number of benzene rings is 1. The summed E-state index contributed by atoms with van der Waals surface area (Å²) in [6, 6.07) is 5.18. The fourth-order valence-electron chi connectivity index (χ4n) is 6.56. The topological polar surface area (TPSA) is 123 Å². The van der Waals surface area contributed by atoms with E-state index in [1.807, 2.05) is 37.2 Å². The molecule has 4 saturated heterocycles. The van der Waals surface area contributed by atoms with Gasteiger partial charge < -0.3 is 25.2 Å². The molecule has 4 fully saturated rings. The Morgan fingerprint density at radius 3 is 2.43 bits per heavy atom. The zero-order chi connectivity index (χ0) is 30.3. The molecule has 4 aliphatic heterocycles. The largest absolute Gasteiger partial charge is 0.376 e. The first-order valence-corrected chi connectivity index (χ1v) is 15.8. The molecule has 1 aromatic carbocycles. The molecule has 3 amide bonds. The number of carbonyl (C=O) groups excluding carboxylic acids is 4. The number of hydrogen-bond donors (Lipinski definition) is 2. The zero-order valence-corrected chi connectivity index (χ0v) is 26.1. The molecule has 0 saturated carbocycles. The van der Waals surface area contributed by atoms with Gasteiger partial charge in [0.05, 0.1) is 11.4 Å². The lowest BCUT2D eigenvalue weighted by molar-refractivity contribution is -0.134. The summed E-state index contributed by atoms with van der Waals surface area (Å²) in [5, 5.41) is 2.27. The Morgan fingerprint density at radius 2 is 1.81 bits per heavy atom. The predicted molar refractivity (Wildman–Crippen MR) is 167 cm³/mol. The van der Waals surface area contributed by atoms with Gasteiger partial charge in [0.1, 0.15) is 12.3 Å². The Balaban J connectivity index is 0.000000200. The molecule has 0 aliphatic carbocycles. The predicted octanol–water partition coefficient (Wildman–Crippen LogP) is 1.65. The van der Waals surface area contributed by atoms with Gasteiger partial charge in [-0.15, -0.1) is 0 Å². The molecule has 1 spiro atoms. The highest BCUT2D eigenvalue weighted by Gasteiger charge is 2.46. The zero-order valence-electron chi connectivity index (χ0n) is 25.3. The van der Waals surface area contributed by atoms with Crippen LogP contribution in [0.5, 0.6) is 0 Å². The Hall–Kier alpha value is -2.51. The average molecular weight is 602 g/mol. The van der Waals surface area contributed by atoms with Crippen molar-refractivity contribution in [3.8, 4) is 0 Å². The number of likely N-dealkylation sites (tertiary alicyclic amines) is 1. The number of aryl methyl sites for hydroxylation is 1. The minimum Gasteiger partial charge on any atom is -0.376 e. The van der Waals surface area contributed by atoms with Crippen LogP contribution in [0.4, 0.5) is 11.4 Å². The van der Waals surface area contributed by atoms with Gasteiger partial charge in [0.2, 0.25) is 18.2 Å². The number of nitrogens with two attached hydrogens (primary N) is 1.